The Balaban J connectivity index is 2.95. The van der Waals surface area contributed by atoms with Crippen LogP contribution in [-0.2, 0) is 4.74 Å². The van der Waals surface area contributed by atoms with Crippen LogP contribution in [0.3, 0.4) is 0 Å². The summed E-state index contributed by atoms with van der Waals surface area (Å²) < 4.78 is 11.6. The molecule has 98 valence electrons. The molecule has 0 spiro atoms. The monoisotopic (exact) mass is 378 g/mol. The summed E-state index contributed by atoms with van der Waals surface area (Å²) in [6.45, 7) is 2.42. The van der Waals surface area contributed by atoms with Crippen molar-refractivity contribution in [2.45, 2.75) is 6.92 Å². The molecule has 5 nitrogen and oxygen atoms in total. The van der Waals surface area contributed by atoms with Gasteiger partial charge in [-0.3, -0.25) is 0 Å². The van der Waals surface area contributed by atoms with Gasteiger partial charge in [0, 0.05) is 10.0 Å². The van der Waals surface area contributed by atoms with Crippen molar-refractivity contribution in [2.75, 3.05) is 13.7 Å². The number of rotatable bonds is 4. The Morgan fingerprint density at radius 2 is 2.22 bits per heavy atom. The van der Waals surface area contributed by atoms with E-state index in [1.165, 1.54) is 13.3 Å². The predicted molar refractivity (Wildman–Crippen MR) is 76.1 cm³/mol. The second kappa shape index (κ2) is 7.38. The average molecular weight is 380 g/mol. The van der Waals surface area contributed by atoms with Gasteiger partial charge in [0.2, 0.25) is 0 Å². The van der Waals surface area contributed by atoms with Crippen LogP contribution in [0.1, 0.15) is 12.5 Å². The van der Waals surface area contributed by atoms with Crippen LogP contribution < -0.4 is 10.2 Å². The van der Waals surface area contributed by atoms with Crippen LogP contribution in [0.2, 0.25) is 0 Å². The topological polar surface area (TPSA) is 59.9 Å². The molecule has 0 bridgehead atoms. The highest BCUT2D eigenvalue weighted by molar-refractivity contribution is 9.11. The smallest absolute Gasteiger partial charge is 0.427 e. The van der Waals surface area contributed by atoms with E-state index in [4.69, 9.17) is 4.74 Å². The highest BCUT2D eigenvalue weighted by Gasteiger charge is 2.08. The lowest BCUT2D eigenvalue weighted by atomic mass is 10.2. The molecular weight excluding hydrogens is 368 g/mol. The summed E-state index contributed by atoms with van der Waals surface area (Å²) in [7, 11) is 1.27. The minimum Gasteiger partial charge on any atom is -0.492 e. The number of benzene rings is 1. The van der Waals surface area contributed by atoms with Crippen LogP contribution in [0.25, 0.3) is 0 Å². The molecule has 1 amide bonds. The van der Waals surface area contributed by atoms with Gasteiger partial charge in [-0.1, -0.05) is 15.9 Å². The highest BCUT2D eigenvalue weighted by atomic mass is 79.9. The maximum atomic E-state index is 10.8. The van der Waals surface area contributed by atoms with Gasteiger partial charge < -0.3 is 9.47 Å². The number of carbonyl (C=O) groups excluding carboxylic acids is 1. The largest absolute Gasteiger partial charge is 0.492 e. The zero-order valence-corrected chi connectivity index (χ0v) is 13.0. The number of halogens is 2. The first-order valence-corrected chi connectivity index (χ1v) is 6.66. The van der Waals surface area contributed by atoms with Crippen molar-refractivity contribution in [3.63, 3.8) is 0 Å². The van der Waals surface area contributed by atoms with Crippen LogP contribution in [0.4, 0.5) is 4.79 Å². The second-order valence-corrected chi connectivity index (χ2v) is 4.87. The van der Waals surface area contributed by atoms with E-state index in [2.05, 4.69) is 47.1 Å². The Hall–Kier alpha value is -1.08. The molecule has 0 saturated carbocycles. The van der Waals surface area contributed by atoms with Crippen LogP contribution >= 0.6 is 31.9 Å². The van der Waals surface area contributed by atoms with Crippen LogP contribution in [0.5, 0.6) is 5.75 Å². The number of nitrogens with one attached hydrogen (secondary N) is 1. The molecule has 18 heavy (non-hydrogen) atoms. The third kappa shape index (κ3) is 4.30. The number of methoxy groups -OCH3 is 1. The van der Waals surface area contributed by atoms with Gasteiger partial charge in [0.1, 0.15) is 5.75 Å². The van der Waals surface area contributed by atoms with Crippen molar-refractivity contribution in [1.82, 2.24) is 5.43 Å². The number of nitrogens with zero attached hydrogens (tertiary/aromatic N) is 1. The molecule has 0 heterocycles. The van der Waals surface area contributed by atoms with E-state index < -0.39 is 6.09 Å². The third-order valence-electron chi connectivity index (χ3n) is 1.87. The quantitative estimate of drug-likeness (QED) is 0.644. The highest BCUT2D eigenvalue weighted by Crippen LogP contribution is 2.31. The van der Waals surface area contributed by atoms with Gasteiger partial charge in [-0.25, -0.2) is 10.2 Å². The zero-order valence-electron chi connectivity index (χ0n) is 9.87. The number of hydrogen-bond donors (Lipinski definition) is 1. The molecule has 1 N–H and O–H groups in total. The van der Waals surface area contributed by atoms with Gasteiger partial charge in [0.05, 0.1) is 24.4 Å². The molecule has 0 saturated heterocycles. The van der Waals surface area contributed by atoms with Gasteiger partial charge in [-0.05, 0) is 35.0 Å². The van der Waals surface area contributed by atoms with Crippen molar-refractivity contribution in [3.8, 4) is 5.75 Å². The molecule has 0 radical (unpaired) electrons. The van der Waals surface area contributed by atoms with E-state index in [9.17, 15) is 4.79 Å². The Bertz CT molecular complexity index is 464. The summed E-state index contributed by atoms with van der Waals surface area (Å²) in [5.41, 5.74) is 2.94. The lowest BCUT2D eigenvalue weighted by Gasteiger charge is -2.09. The van der Waals surface area contributed by atoms with Crippen molar-refractivity contribution in [1.29, 1.82) is 0 Å². The molecule has 0 aromatic heterocycles. The number of hydrazone groups is 1. The van der Waals surface area contributed by atoms with E-state index in [0.717, 1.165) is 14.5 Å². The molecule has 1 aromatic carbocycles. The van der Waals surface area contributed by atoms with Crippen LogP contribution in [-0.4, -0.2) is 26.0 Å². The molecule has 7 heteroatoms. The zero-order chi connectivity index (χ0) is 13.5. The fourth-order valence-corrected chi connectivity index (χ4v) is 2.55. The Morgan fingerprint density at radius 1 is 1.50 bits per heavy atom. The van der Waals surface area contributed by atoms with E-state index in [0.29, 0.717) is 12.4 Å². The van der Waals surface area contributed by atoms with Gasteiger partial charge in [-0.2, -0.15) is 5.10 Å². The van der Waals surface area contributed by atoms with Gasteiger partial charge in [0.25, 0.3) is 0 Å². The Kier molecular flexibility index (Phi) is 6.14. The minimum absolute atomic E-state index is 0.533. The summed E-state index contributed by atoms with van der Waals surface area (Å²) in [4.78, 5) is 10.8. The van der Waals surface area contributed by atoms with Crippen molar-refractivity contribution >= 4 is 44.2 Å². The molecule has 0 aliphatic heterocycles. The summed E-state index contributed by atoms with van der Waals surface area (Å²) in [5, 5.41) is 3.77. The maximum Gasteiger partial charge on any atom is 0.427 e. The summed E-state index contributed by atoms with van der Waals surface area (Å²) in [6.07, 6.45) is 0.857. The first-order valence-electron chi connectivity index (χ1n) is 5.07. The number of carbonyl (C=O) groups is 1. The average Bonchev–Trinajstić information content (AvgIpc) is 2.33. The van der Waals surface area contributed by atoms with E-state index in [1.54, 1.807) is 0 Å². The summed E-state index contributed by atoms with van der Waals surface area (Å²) >= 11 is 6.78. The third-order valence-corrected chi connectivity index (χ3v) is 2.92. The fraction of sp³-hybridized carbons (Fsp3) is 0.273. The molecule has 1 rings (SSSR count). The lowest BCUT2D eigenvalue weighted by Crippen LogP contribution is -2.16. The van der Waals surface area contributed by atoms with Crippen molar-refractivity contribution in [3.05, 3.63) is 26.6 Å². The molecular formula is C11H12Br2N2O3. The first kappa shape index (κ1) is 15.0. The van der Waals surface area contributed by atoms with Gasteiger partial charge >= 0.3 is 6.09 Å². The maximum absolute atomic E-state index is 10.8. The number of ether oxygens (including phenoxy) is 2. The predicted octanol–water partition coefficient (Wildman–Crippen LogP) is 3.30. The van der Waals surface area contributed by atoms with E-state index in [-0.39, 0.29) is 0 Å². The van der Waals surface area contributed by atoms with Crippen molar-refractivity contribution in [2.24, 2.45) is 5.10 Å². The molecule has 0 unspecified atom stereocenters. The summed E-state index contributed by atoms with van der Waals surface area (Å²) in [5.74, 6) is 0.663. The van der Waals surface area contributed by atoms with E-state index in [1.807, 2.05) is 19.1 Å². The molecule has 0 fully saturated rings. The molecule has 0 atom stereocenters. The number of amides is 1. The van der Waals surface area contributed by atoms with Crippen LogP contribution in [0, 0.1) is 0 Å². The minimum atomic E-state index is -0.627. The lowest BCUT2D eigenvalue weighted by molar-refractivity contribution is 0.171. The van der Waals surface area contributed by atoms with Gasteiger partial charge in [-0.15, -0.1) is 0 Å². The second-order valence-electron chi connectivity index (χ2n) is 3.10. The molecule has 0 aliphatic rings. The van der Waals surface area contributed by atoms with Crippen LogP contribution in [0.15, 0.2) is 26.2 Å². The first-order chi connectivity index (χ1) is 8.58. The molecule has 1 aromatic rings. The standard InChI is InChI=1S/C11H12Br2N2O3/c1-3-18-10-7(4-8(12)5-9(10)13)6-14-15-11(16)17-2/h4-6H,3H2,1-2H3,(H,15,16)/b14-6-. The molecule has 0 aliphatic carbocycles. The Labute approximate surface area is 122 Å². The van der Waals surface area contributed by atoms with E-state index >= 15 is 0 Å². The Morgan fingerprint density at radius 3 is 2.83 bits per heavy atom. The fourth-order valence-electron chi connectivity index (χ4n) is 1.17. The normalized spacial score (nSPS) is 10.4. The van der Waals surface area contributed by atoms with Crippen molar-refractivity contribution < 1.29 is 14.3 Å². The van der Waals surface area contributed by atoms with Gasteiger partial charge in [0.15, 0.2) is 0 Å². The summed E-state index contributed by atoms with van der Waals surface area (Å²) in [6, 6.07) is 3.70. The SMILES string of the molecule is CCOc1c(Br)cc(Br)cc1/C=N\NC(=O)OC. The number of hydrogen-bond acceptors (Lipinski definition) is 4.